The van der Waals surface area contributed by atoms with Crippen LogP contribution in [-0.4, -0.2) is 4.21 Å². The number of hydrogen-bond donors (Lipinski definition) is 0. The molecule has 3 rings (SSSR count). The van der Waals surface area contributed by atoms with E-state index in [1.165, 1.54) is 5.56 Å². The van der Waals surface area contributed by atoms with E-state index in [-0.39, 0.29) is 17.1 Å². The molecule has 20 heavy (non-hydrogen) atoms. The fourth-order valence-electron chi connectivity index (χ4n) is 1.60. The molecule has 1 unspecified atom stereocenters. The summed E-state index contributed by atoms with van der Waals surface area (Å²) in [6.07, 6.45) is 17.6. The minimum absolute atomic E-state index is 0. The van der Waals surface area contributed by atoms with Crippen molar-refractivity contribution in [3.8, 4) is 0 Å². The summed E-state index contributed by atoms with van der Waals surface area (Å²) in [4.78, 5) is 0.863. The Morgan fingerprint density at radius 3 is 1.65 bits per heavy atom. The molecular formula is C17H16FeOS+2. The summed E-state index contributed by atoms with van der Waals surface area (Å²) in [5, 5.41) is 0.869. The minimum atomic E-state index is -1.02. The SMILES string of the molecule is Cc1ccc(S(=O)[C]2[CH][CH][CH][CH]2)cc1.[CH]1[CH][CH][CH][CH]1.[Fe+2]. The van der Waals surface area contributed by atoms with E-state index < -0.39 is 10.8 Å². The maximum Gasteiger partial charge on any atom is 2.00 e. The monoisotopic (exact) mass is 324 g/mol. The molecule has 0 heterocycles. The Labute approximate surface area is 136 Å². The second kappa shape index (κ2) is 9.76. The van der Waals surface area contributed by atoms with Gasteiger partial charge >= 0.3 is 17.1 Å². The number of rotatable bonds is 2. The van der Waals surface area contributed by atoms with Crippen molar-refractivity contribution in [2.24, 2.45) is 0 Å². The first-order valence-corrected chi connectivity index (χ1v) is 7.29. The Kier molecular flexibility index (Phi) is 8.75. The zero-order valence-corrected chi connectivity index (χ0v) is 13.1. The van der Waals surface area contributed by atoms with Crippen LogP contribution in [-0.2, 0) is 27.9 Å². The molecule has 1 nitrogen and oxygen atoms in total. The summed E-state index contributed by atoms with van der Waals surface area (Å²) in [5.74, 6) is 0. The van der Waals surface area contributed by atoms with Crippen molar-refractivity contribution < 1.29 is 21.3 Å². The quantitative estimate of drug-likeness (QED) is 0.761. The van der Waals surface area contributed by atoms with Gasteiger partial charge in [0.25, 0.3) is 0 Å². The maximum atomic E-state index is 11.9. The van der Waals surface area contributed by atoms with Crippen molar-refractivity contribution in [1.82, 2.24) is 0 Å². The second-order valence-corrected chi connectivity index (χ2v) is 5.64. The second-order valence-electron chi connectivity index (χ2n) is 4.16. The van der Waals surface area contributed by atoms with Gasteiger partial charge in [-0.2, -0.15) is 0 Å². The van der Waals surface area contributed by atoms with Gasteiger partial charge in [0.1, 0.15) is 0 Å². The Morgan fingerprint density at radius 2 is 1.20 bits per heavy atom. The van der Waals surface area contributed by atoms with E-state index in [9.17, 15) is 4.21 Å². The van der Waals surface area contributed by atoms with Crippen LogP contribution in [0.25, 0.3) is 0 Å². The maximum absolute atomic E-state index is 11.9. The predicted octanol–water partition coefficient (Wildman–Crippen LogP) is 3.48. The number of benzene rings is 1. The van der Waals surface area contributed by atoms with E-state index >= 15 is 0 Å². The summed E-state index contributed by atoms with van der Waals surface area (Å²) >= 11 is 0. The summed E-state index contributed by atoms with van der Waals surface area (Å²) in [6, 6.07) is 7.79. The average Bonchev–Trinajstić information content (AvgIpc) is 3.15. The molecule has 10 radical (unpaired) electrons. The fourth-order valence-corrected chi connectivity index (χ4v) is 2.66. The first kappa shape index (κ1) is 17.9. The first-order chi connectivity index (χ1) is 9.27. The van der Waals surface area contributed by atoms with E-state index in [0.717, 1.165) is 10.1 Å². The van der Waals surface area contributed by atoms with Gasteiger partial charge in [-0.1, -0.05) is 17.7 Å². The van der Waals surface area contributed by atoms with Crippen LogP contribution in [0.15, 0.2) is 29.2 Å². The van der Waals surface area contributed by atoms with E-state index in [4.69, 9.17) is 0 Å². The molecule has 2 aliphatic carbocycles. The Balaban J connectivity index is 0.000000283. The first-order valence-electron chi connectivity index (χ1n) is 6.14. The number of aryl methyl sites for hydroxylation is 1. The van der Waals surface area contributed by atoms with Gasteiger partial charge in [0.2, 0.25) is 0 Å². The third-order valence-electron chi connectivity index (χ3n) is 2.64. The standard InChI is InChI=1S/C12H11OS.C5H5.Fe/c1-10-6-8-12(9-7-10)14(13)11-4-2-3-5-11;1-2-4-5-3-1;/h2-9H,1H3;1-5H;/q;;+2. The molecule has 0 N–H and O–H groups in total. The summed E-state index contributed by atoms with van der Waals surface area (Å²) < 4.78 is 11.9. The van der Waals surface area contributed by atoms with Gasteiger partial charge in [0.15, 0.2) is 0 Å². The number of hydrogen-bond acceptors (Lipinski definition) is 1. The average molecular weight is 324 g/mol. The smallest absolute Gasteiger partial charge is 0.254 e. The molecule has 2 fully saturated rings. The van der Waals surface area contributed by atoms with Gasteiger partial charge in [-0.25, -0.2) is 0 Å². The van der Waals surface area contributed by atoms with Crippen molar-refractivity contribution in [2.75, 3.05) is 0 Å². The van der Waals surface area contributed by atoms with Crippen molar-refractivity contribution in [2.45, 2.75) is 11.8 Å². The molecule has 1 atom stereocenters. The Morgan fingerprint density at radius 1 is 0.750 bits per heavy atom. The van der Waals surface area contributed by atoms with Gasteiger partial charge < -0.3 is 0 Å². The molecule has 0 spiro atoms. The summed E-state index contributed by atoms with van der Waals surface area (Å²) in [5.41, 5.74) is 1.19. The fraction of sp³-hybridized carbons (Fsp3) is 0.0588. The van der Waals surface area contributed by atoms with Gasteiger partial charge in [0, 0.05) is 4.90 Å². The van der Waals surface area contributed by atoms with Crippen LogP contribution in [0.5, 0.6) is 0 Å². The van der Waals surface area contributed by atoms with Crippen LogP contribution in [0.1, 0.15) is 5.56 Å². The molecule has 1 aromatic carbocycles. The third-order valence-corrected chi connectivity index (χ3v) is 4.04. The van der Waals surface area contributed by atoms with E-state index in [2.05, 4.69) is 0 Å². The molecule has 0 aliphatic heterocycles. The third kappa shape index (κ3) is 5.71. The van der Waals surface area contributed by atoms with Crippen LogP contribution in [0, 0.1) is 70.0 Å². The van der Waals surface area contributed by atoms with Crippen LogP contribution >= 0.6 is 0 Å². The van der Waals surface area contributed by atoms with Crippen LogP contribution in [0.4, 0.5) is 0 Å². The van der Waals surface area contributed by atoms with Crippen molar-refractivity contribution in [3.63, 3.8) is 0 Å². The predicted molar refractivity (Wildman–Crippen MR) is 79.5 cm³/mol. The normalized spacial score (nSPS) is 19.9. The van der Waals surface area contributed by atoms with E-state index in [1.807, 2.05) is 89.0 Å². The van der Waals surface area contributed by atoms with Crippen molar-refractivity contribution in [3.05, 3.63) is 92.9 Å². The summed E-state index contributed by atoms with van der Waals surface area (Å²) in [6.45, 7) is 2.02. The molecule has 102 valence electrons. The van der Waals surface area contributed by atoms with Crippen molar-refractivity contribution >= 4 is 10.8 Å². The molecule has 2 aliphatic rings. The van der Waals surface area contributed by atoms with Gasteiger partial charge in [0.05, 0.1) is 16.0 Å². The Bertz CT molecular complexity index is 384. The van der Waals surface area contributed by atoms with Gasteiger partial charge in [-0.3, -0.25) is 4.21 Å². The van der Waals surface area contributed by atoms with Crippen molar-refractivity contribution in [1.29, 1.82) is 0 Å². The molecule has 0 amide bonds. The zero-order chi connectivity index (χ0) is 13.5. The molecule has 0 bridgehead atoms. The molecule has 2 saturated carbocycles. The van der Waals surface area contributed by atoms with Crippen LogP contribution in [0.3, 0.4) is 0 Å². The van der Waals surface area contributed by atoms with E-state index in [1.54, 1.807) is 0 Å². The zero-order valence-electron chi connectivity index (χ0n) is 11.2. The molecule has 0 aromatic heterocycles. The largest absolute Gasteiger partial charge is 2.00 e. The van der Waals surface area contributed by atoms with Gasteiger partial charge in [-0.05, 0) is 76.8 Å². The topological polar surface area (TPSA) is 17.1 Å². The Hall–Kier alpha value is -0.111. The van der Waals surface area contributed by atoms with Crippen LogP contribution in [0.2, 0.25) is 0 Å². The molecule has 0 saturated heterocycles. The molecular weight excluding hydrogens is 308 g/mol. The minimum Gasteiger partial charge on any atom is -0.254 e. The van der Waals surface area contributed by atoms with Gasteiger partial charge in [-0.15, -0.1) is 0 Å². The van der Waals surface area contributed by atoms with Crippen LogP contribution < -0.4 is 0 Å². The van der Waals surface area contributed by atoms with E-state index in [0.29, 0.717) is 0 Å². The molecule has 1 aromatic rings. The molecule has 3 heteroatoms. The summed E-state index contributed by atoms with van der Waals surface area (Å²) in [7, 11) is -1.02.